The Morgan fingerprint density at radius 1 is 1.32 bits per heavy atom. The number of ether oxygens (including phenoxy) is 1. The molecule has 1 fully saturated rings. The van der Waals surface area contributed by atoms with E-state index in [-0.39, 0.29) is 12.4 Å². The number of likely N-dealkylation sites (tertiary alicyclic amines) is 1. The second-order valence-electron chi connectivity index (χ2n) is 5.93. The molecule has 1 saturated heterocycles. The lowest BCUT2D eigenvalue weighted by Gasteiger charge is -2.37. The first-order valence-electron chi connectivity index (χ1n) is 8.12. The van der Waals surface area contributed by atoms with Gasteiger partial charge in [-0.1, -0.05) is 12.1 Å². The maximum Gasteiger partial charge on any atom is 0.162 e. The normalized spacial score (nSPS) is 17.1. The Morgan fingerprint density at radius 2 is 2.05 bits per heavy atom. The van der Waals surface area contributed by atoms with Crippen LogP contribution >= 0.6 is 0 Å². The van der Waals surface area contributed by atoms with Gasteiger partial charge in [0.25, 0.3) is 0 Å². The summed E-state index contributed by atoms with van der Waals surface area (Å²) < 4.78 is 5.45. The molecule has 0 aliphatic carbocycles. The molecular formula is C17H28N2O3. The molecule has 1 aliphatic rings. The van der Waals surface area contributed by atoms with Crippen molar-refractivity contribution in [1.82, 2.24) is 9.80 Å². The molecule has 0 spiro atoms. The lowest BCUT2D eigenvalue weighted by molar-refractivity contribution is 0.0933. The highest BCUT2D eigenvalue weighted by molar-refractivity contribution is 5.45. The number of hydrogen-bond acceptors (Lipinski definition) is 5. The van der Waals surface area contributed by atoms with Gasteiger partial charge < -0.3 is 19.8 Å². The van der Waals surface area contributed by atoms with Crippen molar-refractivity contribution in [2.45, 2.75) is 32.4 Å². The van der Waals surface area contributed by atoms with Gasteiger partial charge in [-0.05, 0) is 46.0 Å². The Bertz CT molecular complexity index is 459. The third-order valence-corrected chi connectivity index (χ3v) is 4.35. The van der Waals surface area contributed by atoms with Crippen molar-refractivity contribution in [2.24, 2.45) is 0 Å². The van der Waals surface area contributed by atoms with Crippen LogP contribution in [0.1, 0.15) is 25.3 Å². The number of phenols is 1. The van der Waals surface area contributed by atoms with Gasteiger partial charge >= 0.3 is 0 Å². The fourth-order valence-corrected chi connectivity index (χ4v) is 3.07. The van der Waals surface area contributed by atoms with Crippen LogP contribution in [-0.2, 0) is 6.54 Å². The smallest absolute Gasteiger partial charge is 0.162 e. The van der Waals surface area contributed by atoms with Crippen LogP contribution in [0, 0.1) is 0 Å². The number of piperidine rings is 1. The van der Waals surface area contributed by atoms with Gasteiger partial charge in [-0.25, -0.2) is 0 Å². The third kappa shape index (κ3) is 4.35. The molecule has 0 saturated carbocycles. The van der Waals surface area contributed by atoms with E-state index in [1.807, 2.05) is 19.1 Å². The van der Waals surface area contributed by atoms with Gasteiger partial charge in [0.05, 0.1) is 13.2 Å². The Morgan fingerprint density at radius 3 is 2.68 bits per heavy atom. The Hall–Kier alpha value is -1.30. The highest BCUT2D eigenvalue weighted by atomic mass is 16.5. The van der Waals surface area contributed by atoms with E-state index in [0.717, 1.165) is 31.5 Å². The summed E-state index contributed by atoms with van der Waals surface area (Å²) in [6, 6.07) is 6.08. The van der Waals surface area contributed by atoms with Gasteiger partial charge in [-0.2, -0.15) is 0 Å². The summed E-state index contributed by atoms with van der Waals surface area (Å²) in [4.78, 5) is 4.61. The van der Waals surface area contributed by atoms with Crippen LogP contribution in [0.25, 0.3) is 0 Å². The van der Waals surface area contributed by atoms with Crippen molar-refractivity contribution in [3.8, 4) is 11.5 Å². The summed E-state index contributed by atoms with van der Waals surface area (Å²) in [6.07, 6.45) is 2.20. The van der Waals surface area contributed by atoms with E-state index in [9.17, 15) is 10.2 Å². The molecule has 0 amide bonds. The zero-order valence-corrected chi connectivity index (χ0v) is 13.7. The molecule has 2 rings (SSSR count). The quantitative estimate of drug-likeness (QED) is 0.803. The molecule has 124 valence electrons. The molecule has 2 N–H and O–H groups in total. The number of hydrogen-bond donors (Lipinski definition) is 2. The topological polar surface area (TPSA) is 56.2 Å². The molecule has 0 radical (unpaired) electrons. The highest BCUT2D eigenvalue weighted by Gasteiger charge is 2.24. The highest BCUT2D eigenvalue weighted by Crippen LogP contribution is 2.31. The van der Waals surface area contributed by atoms with E-state index in [4.69, 9.17) is 4.74 Å². The van der Waals surface area contributed by atoms with Gasteiger partial charge in [-0.15, -0.1) is 0 Å². The van der Waals surface area contributed by atoms with Gasteiger partial charge in [-0.3, -0.25) is 4.90 Å². The largest absolute Gasteiger partial charge is 0.504 e. The molecule has 0 bridgehead atoms. The molecule has 5 heteroatoms. The summed E-state index contributed by atoms with van der Waals surface area (Å²) in [5.74, 6) is 0.757. The molecule has 0 atom stereocenters. The van der Waals surface area contributed by atoms with Gasteiger partial charge in [0, 0.05) is 24.7 Å². The minimum absolute atomic E-state index is 0.137. The number of nitrogens with zero attached hydrogens (tertiary/aromatic N) is 2. The van der Waals surface area contributed by atoms with Gasteiger partial charge in [0.1, 0.15) is 0 Å². The lowest BCUT2D eigenvalue weighted by atomic mass is 10.0. The summed E-state index contributed by atoms with van der Waals surface area (Å²) >= 11 is 0. The number of aliphatic hydroxyl groups excluding tert-OH is 1. The van der Waals surface area contributed by atoms with Crippen LogP contribution in [0.5, 0.6) is 11.5 Å². The first-order chi connectivity index (χ1) is 10.7. The maximum absolute atomic E-state index is 10.4. The van der Waals surface area contributed by atoms with Gasteiger partial charge in [0.15, 0.2) is 11.5 Å². The summed E-state index contributed by atoms with van der Waals surface area (Å²) in [5, 5.41) is 19.7. The molecule has 0 unspecified atom stereocenters. The number of para-hydroxylation sites is 1. The summed E-state index contributed by atoms with van der Waals surface area (Å²) in [6.45, 7) is 6.01. The monoisotopic (exact) mass is 308 g/mol. The minimum Gasteiger partial charge on any atom is -0.504 e. The summed E-state index contributed by atoms with van der Waals surface area (Å²) in [5.41, 5.74) is 0.860. The number of aromatic hydroxyl groups is 1. The van der Waals surface area contributed by atoms with E-state index in [1.165, 1.54) is 0 Å². The third-order valence-electron chi connectivity index (χ3n) is 4.35. The lowest BCUT2D eigenvalue weighted by Crippen LogP contribution is -2.44. The first-order valence-corrected chi connectivity index (χ1v) is 8.12. The SMILES string of the molecule is CCOc1cccc(CN(CCO)C2CCN(C)CC2)c1O. The van der Waals surface area contributed by atoms with Crippen LogP contribution in [0.3, 0.4) is 0 Å². The van der Waals surface area contributed by atoms with Crippen molar-refractivity contribution < 1.29 is 14.9 Å². The van der Waals surface area contributed by atoms with Gasteiger partial charge in [0.2, 0.25) is 0 Å². The molecule has 1 heterocycles. The van der Waals surface area contributed by atoms with Crippen LogP contribution in [0.4, 0.5) is 0 Å². The number of rotatable bonds is 7. The van der Waals surface area contributed by atoms with Crippen molar-refractivity contribution >= 4 is 0 Å². The number of benzene rings is 1. The molecule has 0 aromatic heterocycles. The standard InChI is InChI=1S/C17H28N2O3/c1-3-22-16-6-4-5-14(17(16)21)13-19(11-12-20)15-7-9-18(2)10-8-15/h4-6,15,20-21H,3,7-13H2,1-2H3. The Kier molecular flexibility index (Phi) is 6.49. The van der Waals surface area contributed by atoms with Crippen LogP contribution < -0.4 is 4.74 Å². The second kappa shape index (κ2) is 8.36. The van der Waals surface area contributed by atoms with E-state index in [2.05, 4.69) is 16.8 Å². The van der Waals surface area contributed by atoms with Crippen molar-refractivity contribution in [3.05, 3.63) is 23.8 Å². The number of phenolic OH excluding ortho intramolecular Hbond substituents is 1. The van der Waals surface area contributed by atoms with E-state index in [0.29, 0.717) is 31.5 Å². The van der Waals surface area contributed by atoms with Crippen molar-refractivity contribution in [2.75, 3.05) is 39.9 Å². The maximum atomic E-state index is 10.4. The second-order valence-corrected chi connectivity index (χ2v) is 5.93. The fourth-order valence-electron chi connectivity index (χ4n) is 3.07. The molecule has 1 aliphatic heterocycles. The van der Waals surface area contributed by atoms with E-state index >= 15 is 0 Å². The van der Waals surface area contributed by atoms with Crippen molar-refractivity contribution in [1.29, 1.82) is 0 Å². The van der Waals surface area contributed by atoms with Crippen LogP contribution in [0.2, 0.25) is 0 Å². The predicted molar refractivity (Wildman–Crippen MR) is 87.3 cm³/mol. The number of aliphatic hydroxyl groups is 1. The average molecular weight is 308 g/mol. The van der Waals surface area contributed by atoms with E-state index in [1.54, 1.807) is 6.07 Å². The molecular weight excluding hydrogens is 280 g/mol. The minimum atomic E-state index is 0.137. The van der Waals surface area contributed by atoms with Crippen LogP contribution in [0.15, 0.2) is 18.2 Å². The zero-order chi connectivity index (χ0) is 15.9. The molecule has 1 aromatic rings. The molecule has 5 nitrogen and oxygen atoms in total. The average Bonchev–Trinajstić information content (AvgIpc) is 2.52. The molecule has 22 heavy (non-hydrogen) atoms. The molecule has 1 aromatic carbocycles. The summed E-state index contributed by atoms with van der Waals surface area (Å²) in [7, 11) is 2.14. The van der Waals surface area contributed by atoms with Crippen molar-refractivity contribution in [3.63, 3.8) is 0 Å². The fraction of sp³-hybridized carbons (Fsp3) is 0.647. The Balaban J connectivity index is 2.09. The first kappa shape index (κ1) is 17.1. The van der Waals surface area contributed by atoms with Crippen LogP contribution in [-0.4, -0.2) is 66.0 Å². The zero-order valence-electron chi connectivity index (χ0n) is 13.7. The predicted octanol–water partition coefficient (Wildman–Crippen LogP) is 1.68. The van der Waals surface area contributed by atoms with E-state index < -0.39 is 0 Å². The Labute approximate surface area is 133 Å².